The molecule has 0 aliphatic heterocycles. The fourth-order valence-electron chi connectivity index (χ4n) is 3.51. The van der Waals surface area contributed by atoms with Crippen LogP contribution in [0.1, 0.15) is 15.9 Å². The highest BCUT2D eigenvalue weighted by molar-refractivity contribution is 6.03. The van der Waals surface area contributed by atoms with Crippen LogP contribution in [0.2, 0.25) is 0 Å². The van der Waals surface area contributed by atoms with Crippen LogP contribution >= 0.6 is 0 Å². The first-order valence-corrected chi connectivity index (χ1v) is 10.4. The van der Waals surface area contributed by atoms with Gasteiger partial charge in [-0.15, -0.1) is 5.10 Å². The van der Waals surface area contributed by atoms with E-state index in [1.165, 1.54) is 12.3 Å². The Kier molecular flexibility index (Phi) is 5.66. The quantitative estimate of drug-likeness (QED) is 0.298. The number of hydrogen-bond donors (Lipinski definition) is 1. The van der Waals surface area contributed by atoms with Gasteiger partial charge in [-0.05, 0) is 58.7 Å². The predicted molar refractivity (Wildman–Crippen MR) is 122 cm³/mol. The first-order valence-electron chi connectivity index (χ1n) is 10.4. The van der Waals surface area contributed by atoms with Gasteiger partial charge in [0.15, 0.2) is 5.76 Å². The molecule has 0 saturated heterocycles. The Morgan fingerprint density at radius 3 is 2.11 bits per heavy atom. The zero-order valence-electron chi connectivity index (χ0n) is 17.9. The van der Waals surface area contributed by atoms with E-state index >= 15 is 0 Å². The van der Waals surface area contributed by atoms with E-state index < -0.39 is 17.6 Å². The van der Waals surface area contributed by atoms with Crippen molar-refractivity contribution in [3.8, 4) is 33.9 Å². The van der Waals surface area contributed by atoms with E-state index in [1.54, 1.807) is 60.7 Å². The molecule has 2 heterocycles. The summed E-state index contributed by atoms with van der Waals surface area (Å²) in [5, 5.41) is 10.2. The third-order valence-corrected chi connectivity index (χ3v) is 5.24. The molecule has 0 bridgehead atoms. The molecule has 3 aromatic carbocycles. The Labute approximate surface area is 197 Å². The van der Waals surface area contributed by atoms with E-state index in [4.69, 9.17) is 8.83 Å². The monoisotopic (exact) mass is 475 g/mol. The largest absolute Gasteiger partial charge is 0.459 e. The molecule has 0 aliphatic rings. The van der Waals surface area contributed by atoms with Crippen molar-refractivity contribution in [3.63, 3.8) is 0 Å². The molecule has 174 valence electrons. The molecule has 9 heteroatoms. The van der Waals surface area contributed by atoms with Gasteiger partial charge in [0.25, 0.3) is 11.8 Å². The first kappa shape index (κ1) is 22.1. The number of halogens is 3. The van der Waals surface area contributed by atoms with Gasteiger partial charge in [-0.2, -0.15) is 13.2 Å². The smallest absolute Gasteiger partial charge is 0.416 e. The summed E-state index contributed by atoms with van der Waals surface area (Å²) in [5.74, 6) is 0.0792. The third kappa shape index (κ3) is 4.84. The molecule has 0 fully saturated rings. The summed E-state index contributed by atoms with van der Waals surface area (Å²) in [6.45, 7) is 0. The van der Waals surface area contributed by atoms with Gasteiger partial charge in [0, 0.05) is 5.56 Å². The Morgan fingerprint density at radius 2 is 1.46 bits per heavy atom. The van der Waals surface area contributed by atoms with Crippen molar-refractivity contribution in [2.24, 2.45) is 0 Å². The molecular formula is C26H16F3N3O3. The van der Waals surface area contributed by atoms with E-state index in [-0.39, 0.29) is 11.9 Å². The summed E-state index contributed by atoms with van der Waals surface area (Å²) >= 11 is 0. The zero-order chi connectivity index (χ0) is 24.4. The molecule has 1 N–H and O–H groups in total. The number of alkyl halides is 3. The number of hydrogen-bond acceptors (Lipinski definition) is 5. The van der Waals surface area contributed by atoms with Crippen molar-refractivity contribution in [2.75, 3.05) is 5.32 Å². The fraction of sp³-hybridized carbons (Fsp3) is 0.0385. The van der Waals surface area contributed by atoms with Gasteiger partial charge in [0.1, 0.15) is 0 Å². The number of rotatable bonds is 5. The molecule has 2 aromatic heterocycles. The maximum absolute atomic E-state index is 13.0. The van der Waals surface area contributed by atoms with E-state index in [0.29, 0.717) is 22.5 Å². The molecule has 5 aromatic rings. The summed E-state index contributed by atoms with van der Waals surface area (Å²) in [6.07, 6.45) is -2.94. The van der Waals surface area contributed by atoms with Crippen LogP contribution in [0.5, 0.6) is 0 Å². The highest BCUT2D eigenvalue weighted by Crippen LogP contribution is 2.33. The van der Waals surface area contributed by atoms with Gasteiger partial charge in [-0.1, -0.05) is 53.6 Å². The Morgan fingerprint density at radius 1 is 0.771 bits per heavy atom. The average molecular weight is 475 g/mol. The summed E-state index contributed by atoms with van der Waals surface area (Å²) in [4.78, 5) is 12.7. The summed E-state index contributed by atoms with van der Waals surface area (Å²) in [6, 6.07) is 22.4. The number of amides is 1. The average Bonchev–Trinajstić information content (AvgIpc) is 3.56. The number of carbonyl (C=O) groups is 1. The van der Waals surface area contributed by atoms with E-state index in [2.05, 4.69) is 15.5 Å². The van der Waals surface area contributed by atoms with Gasteiger partial charge >= 0.3 is 12.2 Å². The standard InChI is InChI=1S/C26H16F3N3O3/c27-26(28,29)21-7-2-5-19(15-21)17-11-9-16(10-12-17)18-4-1-6-20(14-18)23(33)30-25-32-31-24(35-25)22-8-3-13-34-22/h1-15H,(H,30,32,33). The van der Waals surface area contributed by atoms with E-state index in [0.717, 1.165) is 23.3 Å². The molecule has 0 radical (unpaired) electrons. The molecule has 0 spiro atoms. The molecule has 0 atom stereocenters. The van der Waals surface area contributed by atoms with Crippen LogP contribution in [0.25, 0.3) is 33.9 Å². The molecule has 35 heavy (non-hydrogen) atoms. The van der Waals surface area contributed by atoms with Gasteiger partial charge in [-0.3, -0.25) is 10.1 Å². The van der Waals surface area contributed by atoms with Crippen molar-refractivity contribution in [3.05, 3.63) is 102 Å². The second-order valence-corrected chi connectivity index (χ2v) is 7.58. The highest BCUT2D eigenvalue weighted by atomic mass is 19.4. The lowest BCUT2D eigenvalue weighted by Crippen LogP contribution is -2.12. The normalized spacial score (nSPS) is 11.4. The second kappa shape index (κ2) is 8.94. The molecule has 0 unspecified atom stereocenters. The first-order chi connectivity index (χ1) is 16.9. The summed E-state index contributed by atoms with van der Waals surface area (Å²) < 4.78 is 49.7. The Bertz CT molecular complexity index is 1470. The van der Waals surface area contributed by atoms with Crippen LogP contribution in [-0.2, 0) is 6.18 Å². The van der Waals surface area contributed by atoms with Crippen LogP contribution in [0.4, 0.5) is 19.2 Å². The predicted octanol–water partition coefficient (Wildman–Crippen LogP) is 6.93. The number of anilines is 1. The number of nitrogens with zero attached hydrogens (tertiary/aromatic N) is 2. The maximum Gasteiger partial charge on any atom is 0.416 e. The minimum atomic E-state index is -4.40. The van der Waals surface area contributed by atoms with Crippen LogP contribution in [0.3, 0.4) is 0 Å². The van der Waals surface area contributed by atoms with Crippen molar-refractivity contribution in [1.82, 2.24) is 10.2 Å². The lowest BCUT2D eigenvalue weighted by atomic mass is 9.98. The van der Waals surface area contributed by atoms with Crippen molar-refractivity contribution in [2.45, 2.75) is 6.18 Å². The molecule has 5 rings (SSSR count). The number of furan rings is 1. The number of benzene rings is 3. The van der Waals surface area contributed by atoms with Crippen LogP contribution < -0.4 is 5.32 Å². The van der Waals surface area contributed by atoms with Crippen molar-refractivity contribution < 1.29 is 26.8 Å². The number of carbonyl (C=O) groups excluding carboxylic acids is 1. The molecule has 6 nitrogen and oxygen atoms in total. The fourth-order valence-corrected chi connectivity index (χ4v) is 3.51. The second-order valence-electron chi connectivity index (χ2n) is 7.58. The highest BCUT2D eigenvalue weighted by Gasteiger charge is 2.30. The summed E-state index contributed by atoms with van der Waals surface area (Å²) in [5.41, 5.74) is 2.34. The number of aromatic nitrogens is 2. The third-order valence-electron chi connectivity index (χ3n) is 5.24. The Hall–Kier alpha value is -4.66. The maximum atomic E-state index is 13.0. The van der Waals surface area contributed by atoms with Gasteiger partial charge in [-0.25, -0.2) is 0 Å². The van der Waals surface area contributed by atoms with Crippen molar-refractivity contribution >= 4 is 11.9 Å². The topological polar surface area (TPSA) is 81.2 Å². The molecule has 1 amide bonds. The van der Waals surface area contributed by atoms with E-state index in [9.17, 15) is 18.0 Å². The molecule has 0 aliphatic carbocycles. The SMILES string of the molecule is O=C(Nc1nnc(-c2ccco2)o1)c1cccc(-c2ccc(-c3cccc(C(F)(F)F)c3)cc2)c1. The zero-order valence-corrected chi connectivity index (χ0v) is 17.9. The van der Waals surface area contributed by atoms with Crippen LogP contribution in [-0.4, -0.2) is 16.1 Å². The van der Waals surface area contributed by atoms with Gasteiger partial charge < -0.3 is 8.83 Å². The Balaban J connectivity index is 1.33. The van der Waals surface area contributed by atoms with E-state index in [1.807, 2.05) is 6.07 Å². The summed E-state index contributed by atoms with van der Waals surface area (Å²) in [7, 11) is 0. The number of nitrogens with one attached hydrogen (secondary N) is 1. The van der Waals surface area contributed by atoms with Crippen LogP contribution in [0, 0.1) is 0 Å². The van der Waals surface area contributed by atoms with Crippen LogP contribution in [0.15, 0.2) is 100 Å². The minimum absolute atomic E-state index is 0.0720. The molecule has 0 saturated carbocycles. The molecular weight excluding hydrogens is 459 g/mol. The van der Waals surface area contributed by atoms with Gasteiger partial charge in [0.2, 0.25) is 0 Å². The van der Waals surface area contributed by atoms with Crippen molar-refractivity contribution in [1.29, 1.82) is 0 Å². The minimum Gasteiger partial charge on any atom is -0.459 e. The lowest BCUT2D eigenvalue weighted by molar-refractivity contribution is -0.137. The lowest BCUT2D eigenvalue weighted by Gasteiger charge is -2.10. The van der Waals surface area contributed by atoms with Gasteiger partial charge in [0.05, 0.1) is 11.8 Å².